The predicted molar refractivity (Wildman–Crippen MR) is 86.3 cm³/mol. The molecule has 2 rings (SSSR count). The van der Waals surface area contributed by atoms with Gasteiger partial charge in [-0.15, -0.1) is 0 Å². The van der Waals surface area contributed by atoms with Crippen molar-refractivity contribution >= 4 is 28.4 Å². The molecule has 118 valence electrons. The quantitative estimate of drug-likeness (QED) is 0.522. The van der Waals surface area contributed by atoms with Crippen molar-refractivity contribution in [3.05, 3.63) is 17.5 Å². The lowest BCUT2D eigenvalue weighted by Crippen LogP contribution is -2.12. The van der Waals surface area contributed by atoms with E-state index in [1.54, 1.807) is 24.7 Å². The fourth-order valence-electron chi connectivity index (χ4n) is 2.17. The van der Waals surface area contributed by atoms with Gasteiger partial charge >= 0.3 is 5.97 Å². The zero-order chi connectivity index (χ0) is 16.3. The van der Waals surface area contributed by atoms with Crippen LogP contribution in [0.1, 0.15) is 43.7 Å². The summed E-state index contributed by atoms with van der Waals surface area (Å²) in [5.41, 5.74) is 6.11. The second-order valence-corrected chi connectivity index (χ2v) is 5.04. The van der Waals surface area contributed by atoms with E-state index >= 15 is 0 Å². The summed E-state index contributed by atoms with van der Waals surface area (Å²) >= 11 is 0. The van der Waals surface area contributed by atoms with Crippen LogP contribution in [0.3, 0.4) is 0 Å². The number of esters is 1. The summed E-state index contributed by atoms with van der Waals surface area (Å²) < 4.78 is 6.93. The minimum absolute atomic E-state index is 0.306. The van der Waals surface area contributed by atoms with Crippen molar-refractivity contribution in [2.75, 3.05) is 12.0 Å². The first kappa shape index (κ1) is 15.9. The Balaban J connectivity index is 2.70. The monoisotopic (exact) mass is 303 g/mol. The Kier molecular flexibility index (Phi) is 4.75. The summed E-state index contributed by atoms with van der Waals surface area (Å²) in [6.07, 6.45) is 1.69. The molecule has 0 atom stereocenters. The molecule has 0 aliphatic rings. The molecule has 0 unspecified atom stereocenters. The molecule has 22 heavy (non-hydrogen) atoms. The molecule has 0 fully saturated rings. The van der Waals surface area contributed by atoms with Crippen LogP contribution >= 0.6 is 0 Å². The number of aromatic nitrogens is 3. The summed E-state index contributed by atoms with van der Waals surface area (Å²) in [6, 6.07) is 0. The molecule has 2 aromatic heterocycles. The number of nitrogens with one attached hydrogen (secondary N) is 1. The molecule has 0 aliphatic heterocycles. The van der Waals surface area contributed by atoms with Crippen molar-refractivity contribution in [3.8, 4) is 0 Å². The molecule has 0 amide bonds. The number of nitrogens with zero attached hydrogens (tertiary/aromatic N) is 4. The Morgan fingerprint density at radius 2 is 2.14 bits per heavy atom. The smallest absolute Gasteiger partial charge is 0.342 e. The Morgan fingerprint density at radius 1 is 1.41 bits per heavy atom. The number of carbonyl (C=O) groups excluding carboxylic acids is 1. The SMILES string of the molecule is CCOC(=O)c1c(C)nc2c(cnn2CC)c1NN=C(C)C. The average molecular weight is 303 g/mol. The van der Waals surface area contributed by atoms with Gasteiger partial charge in [0.1, 0.15) is 5.56 Å². The Morgan fingerprint density at radius 3 is 2.73 bits per heavy atom. The summed E-state index contributed by atoms with van der Waals surface area (Å²) in [5.74, 6) is -0.412. The summed E-state index contributed by atoms with van der Waals surface area (Å²) in [5, 5.41) is 9.27. The van der Waals surface area contributed by atoms with Crippen LogP contribution < -0.4 is 5.43 Å². The molecule has 0 spiro atoms. The predicted octanol–water partition coefficient (Wildman–Crippen LogP) is 2.74. The first-order valence-corrected chi connectivity index (χ1v) is 7.29. The first-order chi connectivity index (χ1) is 10.5. The molecule has 0 saturated heterocycles. The van der Waals surface area contributed by atoms with Crippen molar-refractivity contribution in [2.24, 2.45) is 5.10 Å². The van der Waals surface area contributed by atoms with Gasteiger partial charge in [0.25, 0.3) is 0 Å². The largest absolute Gasteiger partial charge is 0.462 e. The van der Waals surface area contributed by atoms with Crippen molar-refractivity contribution in [2.45, 2.75) is 41.2 Å². The van der Waals surface area contributed by atoms with Gasteiger partial charge in [0.2, 0.25) is 0 Å². The highest BCUT2D eigenvalue weighted by Gasteiger charge is 2.22. The Bertz CT molecular complexity index is 729. The highest BCUT2D eigenvalue weighted by molar-refractivity contribution is 6.05. The van der Waals surface area contributed by atoms with E-state index in [4.69, 9.17) is 4.74 Å². The standard InChI is InChI=1S/C15H21N5O2/c1-6-20-14-11(8-16-20)13(19-18-9(3)4)12(10(5)17-14)15(21)22-7-2/h8H,6-7H2,1-5H3,(H,17,19). The van der Waals surface area contributed by atoms with E-state index in [1.165, 1.54) is 0 Å². The van der Waals surface area contributed by atoms with Gasteiger partial charge in [0.05, 0.1) is 29.6 Å². The van der Waals surface area contributed by atoms with E-state index in [2.05, 4.69) is 20.6 Å². The number of pyridine rings is 1. The molecule has 0 radical (unpaired) electrons. The molecule has 2 heterocycles. The lowest BCUT2D eigenvalue weighted by Gasteiger charge is -2.12. The van der Waals surface area contributed by atoms with Crippen molar-refractivity contribution < 1.29 is 9.53 Å². The van der Waals surface area contributed by atoms with Gasteiger partial charge < -0.3 is 4.74 Å². The Hall–Kier alpha value is -2.44. The van der Waals surface area contributed by atoms with Crippen LogP contribution in [0.25, 0.3) is 11.0 Å². The highest BCUT2D eigenvalue weighted by Crippen LogP contribution is 2.29. The molecule has 1 N–H and O–H groups in total. The normalized spacial score (nSPS) is 10.6. The fourth-order valence-corrected chi connectivity index (χ4v) is 2.17. The van der Waals surface area contributed by atoms with Crippen LogP contribution in [0.2, 0.25) is 0 Å². The lowest BCUT2D eigenvalue weighted by atomic mass is 10.1. The van der Waals surface area contributed by atoms with Gasteiger partial charge in [-0.25, -0.2) is 14.5 Å². The number of ether oxygens (including phenoxy) is 1. The van der Waals surface area contributed by atoms with Crippen LogP contribution in [-0.2, 0) is 11.3 Å². The summed E-state index contributed by atoms with van der Waals surface area (Å²) in [7, 11) is 0. The van der Waals surface area contributed by atoms with Gasteiger partial charge in [-0.1, -0.05) is 0 Å². The van der Waals surface area contributed by atoms with E-state index in [0.29, 0.717) is 30.1 Å². The van der Waals surface area contributed by atoms with Gasteiger partial charge in [-0.05, 0) is 34.6 Å². The minimum Gasteiger partial charge on any atom is -0.462 e. The first-order valence-electron chi connectivity index (χ1n) is 7.29. The van der Waals surface area contributed by atoms with Gasteiger partial charge in [0.15, 0.2) is 5.65 Å². The molecular formula is C15H21N5O2. The third kappa shape index (κ3) is 2.93. The van der Waals surface area contributed by atoms with Crippen LogP contribution in [-0.4, -0.2) is 33.1 Å². The summed E-state index contributed by atoms with van der Waals surface area (Å²) in [4.78, 5) is 16.8. The van der Waals surface area contributed by atoms with Crippen LogP contribution in [0.4, 0.5) is 5.69 Å². The van der Waals surface area contributed by atoms with E-state index in [1.807, 2.05) is 20.8 Å². The maximum absolute atomic E-state index is 12.3. The van der Waals surface area contributed by atoms with Crippen LogP contribution in [0.15, 0.2) is 11.3 Å². The van der Waals surface area contributed by atoms with Crippen molar-refractivity contribution in [1.29, 1.82) is 0 Å². The van der Waals surface area contributed by atoms with E-state index in [0.717, 1.165) is 16.7 Å². The molecule has 0 saturated carbocycles. The second-order valence-electron chi connectivity index (χ2n) is 5.04. The zero-order valence-corrected chi connectivity index (χ0v) is 13.6. The number of hydrogen-bond donors (Lipinski definition) is 1. The maximum atomic E-state index is 12.3. The van der Waals surface area contributed by atoms with Crippen molar-refractivity contribution in [1.82, 2.24) is 14.8 Å². The minimum atomic E-state index is -0.412. The van der Waals surface area contributed by atoms with E-state index in [-0.39, 0.29) is 0 Å². The Labute approximate surface area is 129 Å². The van der Waals surface area contributed by atoms with Crippen LogP contribution in [0, 0.1) is 6.92 Å². The highest BCUT2D eigenvalue weighted by atomic mass is 16.5. The summed E-state index contributed by atoms with van der Waals surface area (Å²) in [6.45, 7) is 10.3. The number of carbonyl (C=O) groups is 1. The molecule has 7 heteroatoms. The average Bonchev–Trinajstić information content (AvgIpc) is 2.86. The number of aryl methyl sites for hydroxylation is 2. The molecule has 2 aromatic rings. The van der Waals surface area contributed by atoms with Gasteiger partial charge in [-0.2, -0.15) is 10.2 Å². The third-order valence-corrected chi connectivity index (χ3v) is 3.14. The molecule has 0 aliphatic carbocycles. The number of rotatable bonds is 5. The van der Waals surface area contributed by atoms with E-state index in [9.17, 15) is 4.79 Å². The lowest BCUT2D eigenvalue weighted by molar-refractivity contribution is 0.0526. The fraction of sp³-hybridized carbons (Fsp3) is 0.467. The topological polar surface area (TPSA) is 81.4 Å². The molecular weight excluding hydrogens is 282 g/mol. The number of anilines is 1. The third-order valence-electron chi connectivity index (χ3n) is 3.14. The maximum Gasteiger partial charge on any atom is 0.342 e. The zero-order valence-electron chi connectivity index (χ0n) is 13.6. The van der Waals surface area contributed by atoms with Crippen molar-refractivity contribution in [3.63, 3.8) is 0 Å². The number of hydrazone groups is 1. The van der Waals surface area contributed by atoms with Gasteiger partial charge in [0, 0.05) is 12.3 Å². The van der Waals surface area contributed by atoms with E-state index < -0.39 is 5.97 Å². The molecule has 7 nitrogen and oxygen atoms in total. The second kappa shape index (κ2) is 6.55. The molecule has 0 aromatic carbocycles. The van der Waals surface area contributed by atoms with Crippen LogP contribution in [0.5, 0.6) is 0 Å². The molecule has 0 bridgehead atoms. The number of hydrogen-bond acceptors (Lipinski definition) is 6. The van der Waals surface area contributed by atoms with Gasteiger partial charge in [-0.3, -0.25) is 5.43 Å². The number of fused-ring (bicyclic) bond motifs is 1.